The molecule has 0 atom stereocenters. The second-order valence-electron chi connectivity index (χ2n) is 5.70. The first-order valence-electron chi connectivity index (χ1n) is 7.43. The van der Waals surface area contributed by atoms with Gasteiger partial charge in [-0.25, -0.2) is 5.01 Å². The number of benzene rings is 1. The minimum Gasteiger partial charge on any atom is -0.383 e. The maximum absolute atomic E-state index is 5.94. The standard InChI is InChI=1S/C16H22ClN3O/c1-21-9-8-20-11-14-6-7-19(12-16(14)18-20)10-13-2-4-15(17)5-3-13/h2-5,18H,6-12H2,1H3. The first-order chi connectivity index (χ1) is 10.2. The zero-order valence-electron chi connectivity index (χ0n) is 12.4. The summed E-state index contributed by atoms with van der Waals surface area (Å²) in [7, 11) is 1.75. The second-order valence-corrected chi connectivity index (χ2v) is 6.13. The number of hydrogen-bond donors (Lipinski definition) is 1. The van der Waals surface area contributed by atoms with Gasteiger partial charge < -0.3 is 10.2 Å². The van der Waals surface area contributed by atoms with E-state index in [-0.39, 0.29) is 0 Å². The molecular weight excluding hydrogens is 286 g/mol. The van der Waals surface area contributed by atoms with E-state index in [1.807, 2.05) is 12.1 Å². The van der Waals surface area contributed by atoms with Gasteiger partial charge in [0.1, 0.15) is 0 Å². The topological polar surface area (TPSA) is 27.7 Å². The van der Waals surface area contributed by atoms with Crippen LogP contribution in [0, 0.1) is 0 Å². The highest BCUT2D eigenvalue weighted by molar-refractivity contribution is 6.30. The van der Waals surface area contributed by atoms with E-state index in [2.05, 4.69) is 27.5 Å². The third kappa shape index (κ3) is 3.77. The summed E-state index contributed by atoms with van der Waals surface area (Å²) in [4.78, 5) is 2.48. The summed E-state index contributed by atoms with van der Waals surface area (Å²) in [5.74, 6) is 0. The molecule has 0 bridgehead atoms. The number of hydrazine groups is 1. The zero-order chi connectivity index (χ0) is 14.7. The molecule has 0 saturated heterocycles. The Hall–Kier alpha value is -1.07. The molecule has 0 fully saturated rings. The lowest BCUT2D eigenvalue weighted by atomic mass is 10.1. The number of rotatable bonds is 5. The lowest BCUT2D eigenvalue weighted by Crippen LogP contribution is -2.38. The number of hydrogen-bond acceptors (Lipinski definition) is 4. The van der Waals surface area contributed by atoms with Crippen LogP contribution in [0.5, 0.6) is 0 Å². The van der Waals surface area contributed by atoms with Gasteiger partial charge in [0.05, 0.1) is 6.61 Å². The predicted molar refractivity (Wildman–Crippen MR) is 85.0 cm³/mol. The molecule has 1 aromatic carbocycles. The van der Waals surface area contributed by atoms with Crippen molar-refractivity contribution in [2.75, 3.05) is 39.9 Å². The van der Waals surface area contributed by atoms with E-state index in [4.69, 9.17) is 16.3 Å². The summed E-state index contributed by atoms with van der Waals surface area (Å²) >= 11 is 5.94. The molecule has 114 valence electrons. The average molecular weight is 308 g/mol. The predicted octanol–water partition coefficient (Wildman–Crippen LogP) is 2.27. The Kier molecular flexibility index (Phi) is 4.80. The first kappa shape index (κ1) is 14.9. The van der Waals surface area contributed by atoms with E-state index in [0.717, 1.165) is 50.8 Å². The van der Waals surface area contributed by atoms with Crippen LogP contribution in [-0.2, 0) is 11.3 Å². The fourth-order valence-electron chi connectivity index (χ4n) is 2.93. The quantitative estimate of drug-likeness (QED) is 0.903. The van der Waals surface area contributed by atoms with Crippen LogP contribution in [0.1, 0.15) is 12.0 Å². The molecule has 0 amide bonds. The van der Waals surface area contributed by atoms with Crippen molar-refractivity contribution in [2.24, 2.45) is 0 Å². The van der Waals surface area contributed by atoms with Gasteiger partial charge in [-0.1, -0.05) is 23.7 Å². The van der Waals surface area contributed by atoms with Crippen molar-refractivity contribution < 1.29 is 4.74 Å². The number of halogens is 1. The van der Waals surface area contributed by atoms with E-state index in [9.17, 15) is 0 Å². The van der Waals surface area contributed by atoms with Gasteiger partial charge in [-0.3, -0.25) is 4.90 Å². The van der Waals surface area contributed by atoms with Gasteiger partial charge in [0.2, 0.25) is 0 Å². The highest BCUT2D eigenvalue weighted by Crippen LogP contribution is 2.23. The Morgan fingerprint density at radius 3 is 2.81 bits per heavy atom. The van der Waals surface area contributed by atoms with Crippen LogP contribution in [0.15, 0.2) is 35.5 Å². The summed E-state index contributed by atoms with van der Waals surface area (Å²) in [6.07, 6.45) is 1.15. The molecule has 0 spiro atoms. The fraction of sp³-hybridized carbons (Fsp3) is 0.500. The van der Waals surface area contributed by atoms with E-state index in [1.165, 1.54) is 11.3 Å². The molecule has 0 radical (unpaired) electrons. The number of methoxy groups -OCH3 is 1. The number of nitrogens with zero attached hydrogens (tertiary/aromatic N) is 2. The zero-order valence-corrected chi connectivity index (χ0v) is 13.2. The van der Waals surface area contributed by atoms with Crippen LogP contribution >= 0.6 is 11.6 Å². The van der Waals surface area contributed by atoms with Crippen molar-refractivity contribution in [1.82, 2.24) is 15.3 Å². The van der Waals surface area contributed by atoms with Gasteiger partial charge in [0.25, 0.3) is 0 Å². The van der Waals surface area contributed by atoms with Crippen molar-refractivity contribution in [1.29, 1.82) is 0 Å². The van der Waals surface area contributed by atoms with Crippen LogP contribution in [0.3, 0.4) is 0 Å². The highest BCUT2D eigenvalue weighted by Gasteiger charge is 2.26. The van der Waals surface area contributed by atoms with E-state index < -0.39 is 0 Å². The molecule has 1 N–H and O–H groups in total. The summed E-state index contributed by atoms with van der Waals surface area (Å²) < 4.78 is 5.15. The van der Waals surface area contributed by atoms with Crippen LogP contribution in [-0.4, -0.2) is 49.8 Å². The summed E-state index contributed by atoms with van der Waals surface area (Å²) in [5.41, 5.74) is 7.78. The molecule has 0 saturated carbocycles. The molecule has 2 heterocycles. The SMILES string of the molecule is COCCN1CC2=C(CN(Cc3ccc(Cl)cc3)CC2)N1. The lowest BCUT2D eigenvalue weighted by Gasteiger charge is -2.27. The monoisotopic (exact) mass is 307 g/mol. The maximum atomic E-state index is 5.94. The fourth-order valence-corrected chi connectivity index (χ4v) is 3.05. The van der Waals surface area contributed by atoms with Gasteiger partial charge in [-0.05, 0) is 29.7 Å². The Bertz CT molecular complexity index is 515. The van der Waals surface area contributed by atoms with Gasteiger partial charge in [0.15, 0.2) is 0 Å². The van der Waals surface area contributed by atoms with E-state index >= 15 is 0 Å². The summed E-state index contributed by atoms with van der Waals surface area (Å²) in [6, 6.07) is 8.15. The van der Waals surface area contributed by atoms with Crippen molar-refractivity contribution in [3.63, 3.8) is 0 Å². The first-order valence-corrected chi connectivity index (χ1v) is 7.80. The van der Waals surface area contributed by atoms with E-state index in [1.54, 1.807) is 12.7 Å². The minimum absolute atomic E-state index is 0.766. The smallest absolute Gasteiger partial charge is 0.0608 e. The van der Waals surface area contributed by atoms with E-state index in [0.29, 0.717) is 0 Å². The molecule has 2 aliphatic rings. The molecule has 0 unspecified atom stereocenters. The molecule has 21 heavy (non-hydrogen) atoms. The molecule has 1 aromatic rings. The van der Waals surface area contributed by atoms with Crippen LogP contribution in [0.2, 0.25) is 5.02 Å². The average Bonchev–Trinajstić information content (AvgIpc) is 2.89. The lowest BCUT2D eigenvalue weighted by molar-refractivity contribution is 0.138. The highest BCUT2D eigenvalue weighted by atomic mass is 35.5. The van der Waals surface area contributed by atoms with Gasteiger partial charge in [-0.15, -0.1) is 0 Å². The van der Waals surface area contributed by atoms with Gasteiger partial charge in [0, 0.05) is 50.6 Å². The van der Waals surface area contributed by atoms with Crippen molar-refractivity contribution in [2.45, 2.75) is 13.0 Å². The molecule has 4 nitrogen and oxygen atoms in total. The second kappa shape index (κ2) is 6.79. The molecule has 0 aliphatic carbocycles. The molecular formula is C16H22ClN3O. The van der Waals surface area contributed by atoms with Crippen molar-refractivity contribution in [3.8, 4) is 0 Å². The van der Waals surface area contributed by atoms with Crippen molar-refractivity contribution >= 4 is 11.6 Å². The Morgan fingerprint density at radius 2 is 2.05 bits per heavy atom. The third-order valence-electron chi connectivity index (χ3n) is 4.10. The third-order valence-corrected chi connectivity index (χ3v) is 4.35. The number of nitrogens with one attached hydrogen (secondary N) is 1. The minimum atomic E-state index is 0.766. The Balaban J connectivity index is 1.54. The Morgan fingerprint density at radius 1 is 1.24 bits per heavy atom. The maximum Gasteiger partial charge on any atom is 0.0608 e. The van der Waals surface area contributed by atoms with Crippen LogP contribution < -0.4 is 5.43 Å². The Labute approximate surface area is 131 Å². The summed E-state index contributed by atoms with van der Waals surface area (Å²) in [6.45, 7) is 5.84. The van der Waals surface area contributed by atoms with Crippen LogP contribution in [0.4, 0.5) is 0 Å². The molecule has 5 heteroatoms. The van der Waals surface area contributed by atoms with Crippen LogP contribution in [0.25, 0.3) is 0 Å². The molecule has 3 rings (SSSR count). The van der Waals surface area contributed by atoms with Gasteiger partial charge in [-0.2, -0.15) is 0 Å². The molecule has 2 aliphatic heterocycles. The van der Waals surface area contributed by atoms with Gasteiger partial charge >= 0.3 is 0 Å². The summed E-state index contributed by atoms with van der Waals surface area (Å²) in [5, 5.41) is 3.05. The largest absolute Gasteiger partial charge is 0.383 e. The number of ether oxygens (including phenoxy) is 1. The van der Waals surface area contributed by atoms with Crippen molar-refractivity contribution in [3.05, 3.63) is 46.1 Å². The normalized spacial score (nSPS) is 19.7. The molecule has 0 aromatic heterocycles.